The molecule has 2 aromatic carbocycles. The van der Waals surface area contributed by atoms with Crippen molar-refractivity contribution in [1.29, 1.82) is 0 Å². The van der Waals surface area contributed by atoms with Gasteiger partial charge in [-0.1, -0.05) is 47.6 Å². The van der Waals surface area contributed by atoms with Crippen LogP contribution in [0.2, 0.25) is 0 Å². The molecule has 1 amide bonds. The van der Waals surface area contributed by atoms with E-state index in [0.29, 0.717) is 24.8 Å². The summed E-state index contributed by atoms with van der Waals surface area (Å²) in [6, 6.07) is 20.9. The van der Waals surface area contributed by atoms with Crippen molar-refractivity contribution in [2.75, 3.05) is 31.6 Å². The van der Waals surface area contributed by atoms with Gasteiger partial charge in [-0.3, -0.25) is 4.79 Å². The van der Waals surface area contributed by atoms with Crippen molar-refractivity contribution in [1.82, 2.24) is 15.4 Å². The fraction of sp³-hybridized carbons (Fsp3) is 0.429. The summed E-state index contributed by atoms with van der Waals surface area (Å²) in [5.74, 6) is 1.92. The Morgan fingerprint density at radius 3 is 2.76 bits per heavy atom. The molecule has 2 aliphatic heterocycles. The summed E-state index contributed by atoms with van der Waals surface area (Å²) in [4.78, 5) is 17.4. The SMILES string of the molecule is CN(Cc1cc(CC2CNCCC2CC(=O)N2CCc3ccccc3C2)no1)c1ccccc1. The van der Waals surface area contributed by atoms with E-state index in [1.165, 1.54) is 11.1 Å². The quantitative estimate of drug-likeness (QED) is 0.579. The number of rotatable bonds is 7. The molecule has 2 aliphatic rings. The smallest absolute Gasteiger partial charge is 0.223 e. The Kier molecular flexibility index (Phi) is 6.95. The molecule has 34 heavy (non-hydrogen) atoms. The molecular formula is C28H34N4O2. The van der Waals surface area contributed by atoms with E-state index >= 15 is 0 Å². The number of amides is 1. The lowest BCUT2D eigenvalue weighted by atomic mass is 9.80. The van der Waals surface area contributed by atoms with Gasteiger partial charge in [0, 0.05) is 38.3 Å². The summed E-state index contributed by atoms with van der Waals surface area (Å²) in [6.45, 7) is 4.15. The zero-order valence-electron chi connectivity index (χ0n) is 20.0. The highest BCUT2D eigenvalue weighted by atomic mass is 16.5. The van der Waals surface area contributed by atoms with Gasteiger partial charge in [0.05, 0.1) is 12.2 Å². The molecule has 0 radical (unpaired) electrons. The van der Waals surface area contributed by atoms with E-state index in [4.69, 9.17) is 4.52 Å². The number of hydrogen-bond donors (Lipinski definition) is 1. The molecular weight excluding hydrogens is 424 g/mol. The maximum Gasteiger partial charge on any atom is 0.223 e. The minimum Gasteiger partial charge on any atom is -0.367 e. The number of nitrogens with zero attached hydrogens (tertiary/aromatic N) is 3. The highest BCUT2D eigenvalue weighted by Gasteiger charge is 2.30. The van der Waals surface area contributed by atoms with E-state index in [9.17, 15) is 4.79 Å². The van der Waals surface area contributed by atoms with Gasteiger partial charge in [0.25, 0.3) is 0 Å². The third-order valence-corrected chi connectivity index (χ3v) is 7.35. The van der Waals surface area contributed by atoms with Crippen LogP contribution in [0.5, 0.6) is 0 Å². The topological polar surface area (TPSA) is 61.6 Å². The Morgan fingerprint density at radius 1 is 1.12 bits per heavy atom. The van der Waals surface area contributed by atoms with Crippen LogP contribution in [0.1, 0.15) is 35.4 Å². The number of aromatic nitrogens is 1. The maximum absolute atomic E-state index is 13.2. The number of carbonyl (C=O) groups is 1. The molecule has 0 aliphatic carbocycles. The summed E-state index contributed by atoms with van der Waals surface area (Å²) in [5.41, 5.74) is 4.80. The standard InChI is InChI=1S/C28H34N4O2/c1-31(26-9-3-2-4-10-26)20-27-17-25(30-34-27)15-24-18-29-13-11-22(24)16-28(33)32-14-12-21-7-5-6-8-23(21)19-32/h2-10,17,22,24,29H,11-16,18-20H2,1H3. The highest BCUT2D eigenvalue weighted by Crippen LogP contribution is 2.28. The number of para-hydroxylation sites is 1. The predicted octanol–water partition coefficient (Wildman–Crippen LogP) is 4.05. The van der Waals surface area contributed by atoms with E-state index in [2.05, 4.69) is 69.8 Å². The highest BCUT2D eigenvalue weighted by molar-refractivity contribution is 5.77. The van der Waals surface area contributed by atoms with E-state index in [0.717, 1.165) is 62.6 Å². The number of anilines is 1. The molecule has 0 spiro atoms. The number of nitrogens with one attached hydrogen (secondary N) is 1. The van der Waals surface area contributed by atoms with Gasteiger partial charge in [0.1, 0.15) is 0 Å². The molecule has 0 saturated carbocycles. The van der Waals surface area contributed by atoms with Crippen LogP contribution in [0.3, 0.4) is 0 Å². The van der Waals surface area contributed by atoms with Gasteiger partial charge in [-0.05, 0) is 67.4 Å². The molecule has 2 unspecified atom stereocenters. The Morgan fingerprint density at radius 2 is 1.91 bits per heavy atom. The van der Waals surface area contributed by atoms with Gasteiger partial charge in [0.15, 0.2) is 5.76 Å². The van der Waals surface area contributed by atoms with Gasteiger partial charge in [-0.2, -0.15) is 0 Å². The van der Waals surface area contributed by atoms with Gasteiger partial charge in [-0.25, -0.2) is 0 Å². The van der Waals surface area contributed by atoms with Crippen molar-refractivity contribution < 1.29 is 9.32 Å². The summed E-state index contributed by atoms with van der Waals surface area (Å²) in [5, 5.41) is 7.88. The minimum atomic E-state index is 0.289. The van der Waals surface area contributed by atoms with E-state index in [1.54, 1.807) is 0 Å². The number of fused-ring (bicyclic) bond motifs is 1. The molecule has 6 heteroatoms. The van der Waals surface area contributed by atoms with Crippen molar-refractivity contribution in [2.24, 2.45) is 11.8 Å². The van der Waals surface area contributed by atoms with Crippen LogP contribution < -0.4 is 10.2 Å². The summed E-state index contributed by atoms with van der Waals surface area (Å²) in [7, 11) is 2.06. The summed E-state index contributed by atoms with van der Waals surface area (Å²) < 4.78 is 5.66. The lowest BCUT2D eigenvalue weighted by Gasteiger charge is -2.34. The van der Waals surface area contributed by atoms with Crippen molar-refractivity contribution in [2.45, 2.75) is 38.8 Å². The molecule has 6 nitrogen and oxygen atoms in total. The van der Waals surface area contributed by atoms with E-state index in [1.807, 2.05) is 18.2 Å². The van der Waals surface area contributed by atoms with Gasteiger partial charge < -0.3 is 19.6 Å². The van der Waals surface area contributed by atoms with Crippen LogP contribution >= 0.6 is 0 Å². The molecule has 3 heterocycles. The van der Waals surface area contributed by atoms with Crippen molar-refractivity contribution in [3.8, 4) is 0 Å². The normalized spacial score (nSPS) is 20.1. The van der Waals surface area contributed by atoms with Crippen LogP contribution in [-0.4, -0.2) is 42.6 Å². The average molecular weight is 459 g/mol. The molecule has 1 saturated heterocycles. The minimum absolute atomic E-state index is 0.289. The van der Waals surface area contributed by atoms with Crippen LogP contribution in [-0.2, 0) is 30.7 Å². The molecule has 178 valence electrons. The van der Waals surface area contributed by atoms with Crippen molar-refractivity contribution in [3.05, 3.63) is 83.2 Å². The molecule has 1 aromatic heterocycles. The van der Waals surface area contributed by atoms with E-state index < -0.39 is 0 Å². The first-order chi connectivity index (χ1) is 16.7. The third-order valence-electron chi connectivity index (χ3n) is 7.35. The van der Waals surface area contributed by atoms with Crippen LogP contribution in [0.15, 0.2) is 65.2 Å². The lowest BCUT2D eigenvalue weighted by Crippen LogP contribution is -2.42. The largest absolute Gasteiger partial charge is 0.367 e. The molecule has 1 N–H and O–H groups in total. The Balaban J connectivity index is 1.18. The number of carbonyl (C=O) groups excluding carboxylic acids is 1. The average Bonchev–Trinajstić information content (AvgIpc) is 3.32. The van der Waals surface area contributed by atoms with Crippen LogP contribution in [0, 0.1) is 11.8 Å². The zero-order chi connectivity index (χ0) is 23.3. The van der Waals surface area contributed by atoms with Crippen LogP contribution in [0.4, 0.5) is 5.69 Å². The molecule has 1 fully saturated rings. The van der Waals surface area contributed by atoms with E-state index in [-0.39, 0.29) is 5.91 Å². The number of hydrogen-bond acceptors (Lipinski definition) is 5. The Bertz CT molecular complexity index is 1100. The molecule has 2 atom stereocenters. The second kappa shape index (κ2) is 10.4. The Labute approximate surface area is 201 Å². The van der Waals surface area contributed by atoms with Gasteiger partial charge >= 0.3 is 0 Å². The van der Waals surface area contributed by atoms with Crippen molar-refractivity contribution in [3.63, 3.8) is 0 Å². The summed E-state index contributed by atoms with van der Waals surface area (Å²) in [6.07, 6.45) is 3.45. The van der Waals surface area contributed by atoms with Gasteiger partial charge in [0.2, 0.25) is 5.91 Å². The number of piperidine rings is 1. The second-order valence-corrected chi connectivity index (χ2v) is 9.73. The van der Waals surface area contributed by atoms with Crippen molar-refractivity contribution >= 4 is 11.6 Å². The maximum atomic E-state index is 13.2. The lowest BCUT2D eigenvalue weighted by molar-refractivity contribution is -0.133. The first-order valence-electron chi connectivity index (χ1n) is 12.4. The third kappa shape index (κ3) is 5.33. The summed E-state index contributed by atoms with van der Waals surface area (Å²) >= 11 is 0. The fourth-order valence-electron chi connectivity index (χ4n) is 5.35. The Hall–Kier alpha value is -3.12. The molecule has 5 rings (SSSR count). The van der Waals surface area contributed by atoms with Gasteiger partial charge in [-0.15, -0.1) is 0 Å². The monoisotopic (exact) mass is 458 g/mol. The predicted molar refractivity (Wildman–Crippen MR) is 133 cm³/mol. The molecule has 3 aromatic rings. The zero-order valence-corrected chi connectivity index (χ0v) is 20.0. The fourth-order valence-corrected chi connectivity index (χ4v) is 5.35. The van der Waals surface area contributed by atoms with Crippen LogP contribution in [0.25, 0.3) is 0 Å². The first-order valence-corrected chi connectivity index (χ1v) is 12.4. The molecule has 0 bridgehead atoms. The second-order valence-electron chi connectivity index (χ2n) is 9.73. The first kappa shape index (κ1) is 22.7. The number of benzene rings is 2.